The van der Waals surface area contributed by atoms with Crippen LogP contribution in [0.15, 0.2) is 73.1 Å². The van der Waals surface area contributed by atoms with Gasteiger partial charge >= 0.3 is 0 Å². The predicted molar refractivity (Wildman–Crippen MR) is 101 cm³/mol. The molecule has 2 aromatic carbocycles. The molecule has 25 heavy (non-hydrogen) atoms. The highest BCUT2D eigenvalue weighted by Gasteiger charge is 2.07. The smallest absolute Gasteiger partial charge is 0.253 e. The van der Waals surface area contributed by atoms with Crippen LogP contribution in [0.25, 0.3) is 0 Å². The number of benzene rings is 2. The highest BCUT2D eigenvalue weighted by Crippen LogP contribution is 2.17. The van der Waals surface area contributed by atoms with Crippen molar-refractivity contribution in [1.29, 1.82) is 0 Å². The van der Waals surface area contributed by atoms with E-state index >= 15 is 0 Å². The molecule has 0 saturated carbocycles. The molecule has 0 bridgehead atoms. The summed E-state index contributed by atoms with van der Waals surface area (Å²) in [4.78, 5) is 16.4. The van der Waals surface area contributed by atoms with Gasteiger partial charge in [0.1, 0.15) is 0 Å². The summed E-state index contributed by atoms with van der Waals surface area (Å²) in [6.45, 7) is 1.05. The van der Waals surface area contributed by atoms with Crippen molar-refractivity contribution in [3.63, 3.8) is 0 Å². The van der Waals surface area contributed by atoms with E-state index in [9.17, 15) is 4.79 Å². The largest absolute Gasteiger partial charge is 0.380 e. The first-order valence-electron chi connectivity index (χ1n) is 7.97. The van der Waals surface area contributed by atoms with Gasteiger partial charge in [0.15, 0.2) is 0 Å². The van der Waals surface area contributed by atoms with Crippen LogP contribution >= 0.6 is 11.6 Å². The van der Waals surface area contributed by atoms with Gasteiger partial charge < -0.3 is 10.6 Å². The number of aromatic nitrogens is 1. The van der Waals surface area contributed by atoms with Crippen molar-refractivity contribution < 1.29 is 4.79 Å². The SMILES string of the molecule is O=C(NCc1ccccc1)c1cncc(NCc2ccccc2Cl)c1. The Labute approximate surface area is 151 Å². The third kappa shape index (κ3) is 4.81. The van der Waals surface area contributed by atoms with Gasteiger partial charge in [-0.1, -0.05) is 60.1 Å². The van der Waals surface area contributed by atoms with Crippen molar-refractivity contribution in [3.8, 4) is 0 Å². The molecule has 126 valence electrons. The number of hydrogen-bond donors (Lipinski definition) is 2. The second-order valence-electron chi connectivity index (χ2n) is 5.58. The third-order valence-corrected chi connectivity index (χ3v) is 4.11. The maximum Gasteiger partial charge on any atom is 0.253 e. The van der Waals surface area contributed by atoms with Gasteiger partial charge in [-0.25, -0.2) is 0 Å². The standard InChI is InChI=1S/C20H18ClN3O/c21-19-9-5-4-8-16(19)13-23-18-10-17(12-22-14-18)20(25)24-11-15-6-2-1-3-7-15/h1-10,12,14,23H,11,13H2,(H,24,25). The fraction of sp³-hybridized carbons (Fsp3) is 0.100. The van der Waals surface area contributed by atoms with Crippen LogP contribution in [0.1, 0.15) is 21.5 Å². The van der Waals surface area contributed by atoms with E-state index in [4.69, 9.17) is 11.6 Å². The maximum absolute atomic E-state index is 12.3. The van der Waals surface area contributed by atoms with Crippen LogP contribution in [0, 0.1) is 0 Å². The Balaban J connectivity index is 1.61. The Bertz CT molecular complexity index is 852. The third-order valence-electron chi connectivity index (χ3n) is 3.74. The molecule has 4 nitrogen and oxygen atoms in total. The van der Waals surface area contributed by atoms with Gasteiger partial charge in [-0.3, -0.25) is 9.78 Å². The topological polar surface area (TPSA) is 54.0 Å². The van der Waals surface area contributed by atoms with E-state index in [1.165, 1.54) is 0 Å². The average Bonchev–Trinajstić information content (AvgIpc) is 2.66. The molecule has 2 N–H and O–H groups in total. The maximum atomic E-state index is 12.3. The summed E-state index contributed by atoms with van der Waals surface area (Å²) in [5, 5.41) is 6.85. The number of nitrogens with zero attached hydrogens (tertiary/aromatic N) is 1. The van der Waals surface area contributed by atoms with Crippen molar-refractivity contribution in [3.05, 3.63) is 94.8 Å². The summed E-state index contributed by atoms with van der Waals surface area (Å²) in [7, 11) is 0. The minimum absolute atomic E-state index is 0.155. The number of anilines is 1. The summed E-state index contributed by atoms with van der Waals surface area (Å²) in [5.74, 6) is -0.155. The van der Waals surface area contributed by atoms with E-state index in [0.717, 1.165) is 16.8 Å². The first-order chi connectivity index (χ1) is 12.2. The lowest BCUT2D eigenvalue weighted by Gasteiger charge is -2.09. The molecule has 0 radical (unpaired) electrons. The zero-order valence-electron chi connectivity index (χ0n) is 13.6. The summed E-state index contributed by atoms with van der Waals surface area (Å²) >= 11 is 6.15. The van der Waals surface area contributed by atoms with Gasteiger partial charge in [0.05, 0.1) is 11.3 Å². The summed E-state index contributed by atoms with van der Waals surface area (Å²) in [5.41, 5.74) is 3.33. The summed E-state index contributed by atoms with van der Waals surface area (Å²) in [6.07, 6.45) is 3.24. The second kappa shape index (κ2) is 8.31. The number of amides is 1. The lowest BCUT2D eigenvalue weighted by molar-refractivity contribution is 0.0950. The minimum Gasteiger partial charge on any atom is -0.380 e. The fourth-order valence-corrected chi connectivity index (χ4v) is 2.58. The molecule has 1 heterocycles. The number of carbonyl (C=O) groups is 1. The lowest BCUT2D eigenvalue weighted by atomic mass is 10.2. The van der Waals surface area contributed by atoms with Gasteiger partial charge in [0.2, 0.25) is 0 Å². The molecule has 0 unspecified atom stereocenters. The zero-order valence-corrected chi connectivity index (χ0v) is 14.3. The normalized spacial score (nSPS) is 10.3. The van der Waals surface area contributed by atoms with Crippen LogP contribution in [-0.2, 0) is 13.1 Å². The quantitative estimate of drug-likeness (QED) is 0.697. The Morgan fingerprint density at radius 3 is 2.52 bits per heavy atom. The number of hydrogen-bond acceptors (Lipinski definition) is 3. The van der Waals surface area contributed by atoms with Crippen LogP contribution < -0.4 is 10.6 Å². The molecule has 0 fully saturated rings. The number of halogens is 1. The molecule has 0 atom stereocenters. The van der Waals surface area contributed by atoms with E-state index in [0.29, 0.717) is 23.7 Å². The van der Waals surface area contributed by atoms with Crippen LogP contribution in [0.3, 0.4) is 0 Å². The molecule has 5 heteroatoms. The highest BCUT2D eigenvalue weighted by molar-refractivity contribution is 6.31. The van der Waals surface area contributed by atoms with Gasteiger partial charge in [-0.15, -0.1) is 0 Å². The first-order valence-corrected chi connectivity index (χ1v) is 8.34. The van der Waals surface area contributed by atoms with Crippen LogP contribution in [0.2, 0.25) is 5.02 Å². The molecule has 0 saturated heterocycles. The Morgan fingerprint density at radius 2 is 1.72 bits per heavy atom. The van der Waals surface area contributed by atoms with Crippen LogP contribution in [0.5, 0.6) is 0 Å². The van der Waals surface area contributed by atoms with Crippen LogP contribution in [-0.4, -0.2) is 10.9 Å². The average molecular weight is 352 g/mol. The van der Waals surface area contributed by atoms with Crippen LogP contribution in [0.4, 0.5) is 5.69 Å². The van der Waals surface area contributed by atoms with Crippen molar-refractivity contribution in [2.75, 3.05) is 5.32 Å². The molecule has 0 aliphatic carbocycles. The fourth-order valence-electron chi connectivity index (χ4n) is 2.38. The number of carbonyl (C=O) groups excluding carboxylic acids is 1. The van der Waals surface area contributed by atoms with E-state index < -0.39 is 0 Å². The summed E-state index contributed by atoms with van der Waals surface area (Å²) < 4.78 is 0. The van der Waals surface area contributed by atoms with Gasteiger partial charge in [-0.05, 0) is 23.3 Å². The Morgan fingerprint density at radius 1 is 0.960 bits per heavy atom. The highest BCUT2D eigenvalue weighted by atomic mass is 35.5. The molecule has 3 rings (SSSR count). The van der Waals surface area contributed by atoms with E-state index in [1.807, 2.05) is 54.6 Å². The lowest BCUT2D eigenvalue weighted by Crippen LogP contribution is -2.23. The molecular weight excluding hydrogens is 334 g/mol. The minimum atomic E-state index is -0.155. The first kappa shape index (κ1) is 17.0. The second-order valence-corrected chi connectivity index (χ2v) is 5.98. The molecule has 3 aromatic rings. The molecule has 1 amide bonds. The number of pyridine rings is 1. The monoisotopic (exact) mass is 351 g/mol. The number of rotatable bonds is 6. The van der Waals surface area contributed by atoms with Crippen molar-refractivity contribution in [2.45, 2.75) is 13.1 Å². The van der Waals surface area contributed by atoms with Crippen molar-refractivity contribution >= 4 is 23.2 Å². The molecule has 0 aliphatic heterocycles. The van der Waals surface area contributed by atoms with Crippen molar-refractivity contribution in [1.82, 2.24) is 10.3 Å². The summed E-state index contributed by atoms with van der Waals surface area (Å²) in [6, 6.07) is 19.2. The van der Waals surface area contributed by atoms with Gasteiger partial charge in [-0.2, -0.15) is 0 Å². The van der Waals surface area contributed by atoms with E-state index in [-0.39, 0.29) is 5.91 Å². The molecule has 1 aromatic heterocycles. The van der Waals surface area contributed by atoms with E-state index in [2.05, 4.69) is 15.6 Å². The molecule has 0 aliphatic rings. The molecular formula is C20H18ClN3O. The Hall–Kier alpha value is -2.85. The van der Waals surface area contributed by atoms with Gasteiger partial charge in [0.25, 0.3) is 5.91 Å². The van der Waals surface area contributed by atoms with E-state index in [1.54, 1.807) is 18.5 Å². The Kier molecular flexibility index (Phi) is 5.65. The van der Waals surface area contributed by atoms with Crippen molar-refractivity contribution in [2.24, 2.45) is 0 Å². The number of nitrogens with one attached hydrogen (secondary N) is 2. The zero-order chi connectivity index (χ0) is 17.5. The molecule has 0 spiro atoms. The predicted octanol–water partition coefficient (Wildman–Crippen LogP) is 4.28. The van der Waals surface area contributed by atoms with Gasteiger partial charge in [0, 0.05) is 30.5 Å².